The molecule has 1 N–H and O–H groups in total. The molecule has 0 amide bonds. The third-order valence-electron chi connectivity index (χ3n) is 1.99. The van der Waals surface area contributed by atoms with Gasteiger partial charge in [0.15, 0.2) is 0 Å². The van der Waals surface area contributed by atoms with Crippen LogP contribution in [-0.4, -0.2) is 20.2 Å². The Morgan fingerprint density at radius 1 is 1.42 bits per heavy atom. The van der Waals surface area contributed by atoms with Gasteiger partial charge in [-0.25, -0.2) is 0 Å². The summed E-state index contributed by atoms with van der Waals surface area (Å²) in [6.07, 6.45) is 0.953. The number of alkyl halides is 4. The fraction of sp³-hybridized carbons (Fsp3) is 0.833. The topological polar surface area (TPSA) is 37.3 Å². The summed E-state index contributed by atoms with van der Waals surface area (Å²) in [5.41, 5.74) is -1.02. The minimum absolute atomic E-state index is 0.477. The molecule has 1 saturated carbocycles. The molecule has 0 aromatic carbocycles. The van der Waals surface area contributed by atoms with Crippen LogP contribution in [0.25, 0.3) is 0 Å². The maximum absolute atomic E-state index is 10.7. The van der Waals surface area contributed by atoms with Crippen molar-refractivity contribution in [3.63, 3.8) is 0 Å². The number of rotatable bonds is 2. The molecule has 0 aromatic heterocycles. The first-order valence-electron chi connectivity index (χ1n) is 3.25. The number of hydrogen-bond acceptors (Lipinski definition) is 1. The summed E-state index contributed by atoms with van der Waals surface area (Å²) in [6.45, 7) is 0. The number of hydrogen-bond donors (Lipinski definition) is 1. The van der Waals surface area contributed by atoms with E-state index < -0.39 is 20.6 Å². The summed E-state index contributed by atoms with van der Waals surface area (Å²) in [6, 6.07) is 0. The SMILES string of the molecule is O=C(O)C1(C(Cl)C(Cl)(Cl)Cl)CC1. The fourth-order valence-corrected chi connectivity index (χ4v) is 1.96. The lowest BCUT2D eigenvalue weighted by molar-refractivity contribution is -0.143. The smallest absolute Gasteiger partial charge is 0.311 e. The van der Waals surface area contributed by atoms with Crippen LogP contribution in [0.3, 0.4) is 0 Å². The zero-order chi connectivity index (χ0) is 9.57. The van der Waals surface area contributed by atoms with Gasteiger partial charge >= 0.3 is 5.97 Å². The molecule has 1 aliphatic rings. The lowest BCUT2D eigenvalue weighted by atomic mass is 10.0. The number of carbonyl (C=O) groups is 1. The van der Waals surface area contributed by atoms with E-state index in [0.29, 0.717) is 12.8 Å². The molecule has 1 fully saturated rings. The van der Waals surface area contributed by atoms with E-state index in [4.69, 9.17) is 51.5 Å². The number of carboxylic acids is 1. The van der Waals surface area contributed by atoms with Gasteiger partial charge < -0.3 is 5.11 Å². The predicted molar refractivity (Wildman–Crippen MR) is 49.2 cm³/mol. The van der Waals surface area contributed by atoms with Crippen molar-refractivity contribution < 1.29 is 9.90 Å². The van der Waals surface area contributed by atoms with Crippen molar-refractivity contribution in [3.05, 3.63) is 0 Å². The summed E-state index contributed by atoms with van der Waals surface area (Å²) >= 11 is 22.2. The first-order chi connectivity index (χ1) is 5.31. The van der Waals surface area contributed by atoms with Crippen molar-refractivity contribution in [2.24, 2.45) is 5.41 Å². The van der Waals surface area contributed by atoms with E-state index in [9.17, 15) is 4.79 Å². The van der Waals surface area contributed by atoms with Gasteiger partial charge in [0.25, 0.3) is 0 Å². The summed E-state index contributed by atoms with van der Waals surface area (Å²) in [7, 11) is 0. The van der Waals surface area contributed by atoms with Crippen LogP contribution in [0.4, 0.5) is 0 Å². The fourth-order valence-electron chi connectivity index (χ4n) is 1.02. The van der Waals surface area contributed by atoms with E-state index >= 15 is 0 Å². The van der Waals surface area contributed by atoms with Crippen LogP contribution in [-0.2, 0) is 4.79 Å². The Balaban J connectivity index is 2.77. The third-order valence-corrected chi connectivity index (χ3v) is 3.72. The Bertz CT molecular complexity index is 206. The number of halogens is 4. The van der Waals surface area contributed by atoms with E-state index in [1.54, 1.807) is 0 Å². The van der Waals surface area contributed by atoms with Gasteiger partial charge in [0.2, 0.25) is 3.79 Å². The van der Waals surface area contributed by atoms with E-state index in [1.165, 1.54) is 0 Å². The first kappa shape index (κ1) is 10.7. The molecule has 0 aliphatic heterocycles. The second-order valence-corrected chi connectivity index (χ2v) is 5.67. The van der Waals surface area contributed by atoms with E-state index in [1.807, 2.05) is 0 Å². The van der Waals surface area contributed by atoms with Crippen LogP contribution in [0, 0.1) is 5.41 Å². The molecule has 0 saturated heterocycles. The highest BCUT2D eigenvalue weighted by Gasteiger charge is 2.61. The van der Waals surface area contributed by atoms with Gasteiger partial charge in [-0.2, -0.15) is 0 Å². The van der Waals surface area contributed by atoms with Crippen LogP contribution >= 0.6 is 46.4 Å². The molecule has 1 atom stereocenters. The van der Waals surface area contributed by atoms with Crippen LogP contribution in [0.1, 0.15) is 12.8 Å². The average Bonchev–Trinajstić information content (AvgIpc) is 2.62. The Morgan fingerprint density at radius 3 is 1.92 bits per heavy atom. The maximum atomic E-state index is 10.7. The van der Waals surface area contributed by atoms with Gasteiger partial charge in [-0.1, -0.05) is 34.8 Å². The molecule has 6 heteroatoms. The summed E-state index contributed by atoms with van der Waals surface area (Å²) < 4.78 is -1.71. The molecule has 1 rings (SSSR count). The van der Waals surface area contributed by atoms with Crippen LogP contribution < -0.4 is 0 Å². The highest BCUT2D eigenvalue weighted by molar-refractivity contribution is 6.70. The van der Waals surface area contributed by atoms with Crippen molar-refractivity contribution in [2.45, 2.75) is 22.0 Å². The van der Waals surface area contributed by atoms with Gasteiger partial charge in [0.1, 0.15) is 0 Å². The molecule has 1 aliphatic carbocycles. The van der Waals surface area contributed by atoms with Crippen LogP contribution in [0.15, 0.2) is 0 Å². The van der Waals surface area contributed by atoms with Crippen molar-refractivity contribution in [1.82, 2.24) is 0 Å². The molecule has 0 aromatic rings. The first-order valence-corrected chi connectivity index (χ1v) is 4.82. The third kappa shape index (κ3) is 1.77. The Hall–Kier alpha value is 0.630. The zero-order valence-electron chi connectivity index (χ0n) is 5.86. The monoisotopic (exact) mass is 250 g/mol. The molecule has 0 bridgehead atoms. The minimum Gasteiger partial charge on any atom is -0.481 e. The van der Waals surface area contributed by atoms with Gasteiger partial charge in [-0.15, -0.1) is 11.6 Å². The molecule has 0 radical (unpaired) electrons. The van der Waals surface area contributed by atoms with E-state index in [0.717, 1.165) is 0 Å². The lowest BCUT2D eigenvalue weighted by Gasteiger charge is -2.23. The molecular weight excluding hydrogens is 246 g/mol. The van der Waals surface area contributed by atoms with E-state index in [-0.39, 0.29) is 0 Å². The van der Waals surface area contributed by atoms with E-state index in [2.05, 4.69) is 0 Å². The molecule has 0 heterocycles. The zero-order valence-corrected chi connectivity index (χ0v) is 8.88. The quantitative estimate of drug-likeness (QED) is 0.767. The van der Waals surface area contributed by atoms with Gasteiger partial charge in [-0.3, -0.25) is 4.79 Å². The van der Waals surface area contributed by atoms with Crippen LogP contribution in [0.5, 0.6) is 0 Å². The maximum Gasteiger partial charge on any atom is 0.311 e. The normalized spacial score (nSPS) is 23.3. The van der Waals surface area contributed by atoms with Crippen molar-refractivity contribution in [2.75, 3.05) is 0 Å². The summed E-state index contributed by atoms with van der Waals surface area (Å²) in [4.78, 5) is 10.7. The Kier molecular flexibility index (Phi) is 2.76. The number of aliphatic carboxylic acids is 1. The van der Waals surface area contributed by atoms with Crippen molar-refractivity contribution >= 4 is 52.4 Å². The second-order valence-electron chi connectivity index (χ2n) is 2.87. The summed E-state index contributed by atoms with van der Waals surface area (Å²) in [5.74, 6) is -0.992. The summed E-state index contributed by atoms with van der Waals surface area (Å²) in [5, 5.41) is 7.81. The van der Waals surface area contributed by atoms with Crippen molar-refractivity contribution in [3.8, 4) is 0 Å². The standard InChI is InChI=1S/C6H6Cl4O2/c7-3(6(8,9)10)5(1-2-5)4(11)12/h3H,1-2H2,(H,11,12). The average molecular weight is 252 g/mol. The Labute approximate surface area is 89.7 Å². The molecular formula is C6H6Cl4O2. The van der Waals surface area contributed by atoms with Gasteiger partial charge in [0, 0.05) is 0 Å². The lowest BCUT2D eigenvalue weighted by Crippen LogP contribution is -2.35. The molecule has 0 spiro atoms. The second kappa shape index (κ2) is 3.09. The highest BCUT2D eigenvalue weighted by atomic mass is 35.6. The molecule has 1 unspecified atom stereocenters. The largest absolute Gasteiger partial charge is 0.481 e. The van der Waals surface area contributed by atoms with Crippen molar-refractivity contribution in [1.29, 1.82) is 0 Å². The van der Waals surface area contributed by atoms with Crippen LogP contribution in [0.2, 0.25) is 0 Å². The van der Waals surface area contributed by atoms with Gasteiger partial charge in [-0.05, 0) is 12.8 Å². The predicted octanol–water partition coefficient (Wildman–Crippen LogP) is 2.83. The number of carboxylic acid groups (broad SMARTS) is 1. The molecule has 70 valence electrons. The Morgan fingerprint density at radius 2 is 1.83 bits per heavy atom. The van der Waals surface area contributed by atoms with Gasteiger partial charge in [0.05, 0.1) is 10.8 Å². The minimum atomic E-state index is -1.71. The molecule has 12 heavy (non-hydrogen) atoms. The highest BCUT2D eigenvalue weighted by Crippen LogP contribution is 2.57. The molecule has 2 nitrogen and oxygen atoms in total.